The summed E-state index contributed by atoms with van der Waals surface area (Å²) in [5, 5.41) is 13.8. The van der Waals surface area contributed by atoms with Crippen molar-refractivity contribution in [2.75, 3.05) is 11.9 Å². The molecular weight excluding hydrogens is 280 g/mol. The summed E-state index contributed by atoms with van der Waals surface area (Å²) in [5.74, 6) is 0.941. The van der Waals surface area contributed by atoms with E-state index in [1.807, 2.05) is 0 Å². The lowest BCUT2D eigenvalue weighted by Crippen LogP contribution is -2.07. The number of nitrogens with one attached hydrogen (secondary N) is 1. The van der Waals surface area contributed by atoms with E-state index >= 15 is 0 Å². The van der Waals surface area contributed by atoms with E-state index in [2.05, 4.69) is 29.1 Å². The van der Waals surface area contributed by atoms with E-state index in [9.17, 15) is 10.1 Å². The van der Waals surface area contributed by atoms with Gasteiger partial charge < -0.3 is 5.32 Å². The lowest BCUT2D eigenvalue weighted by molar-refractivity contribution is -0.384. The van der Waals surface area contributed by atoms with Crippen LogP contribution >= 0.6 is 11.6 Å². The van der Waals surface area contributed by atoms with E-state index < -0.39 is 4.92 Å². The van der Waals surface area contributed by atoms with Crippen LogP contribution in [0, 0.1) is 16.0 Å². The summed E-state index contributed by atoms with van der Waals surface area (Å²) in [5.41, 5.74) is -0.144. The number of nitro groups is 1. The van der Waals surface area contributed by atoms with Crippen LogP contribution in [0.4, 0.5) is 11.5 Å². The average Bonchev–Trinajstić information content (AvgIpc) is 2.37. The molecule has 0 saturated heterocycles. The first-order chi connectivity index (χ1) is 9.50. The number of aromatic nitrogens is 2. The zero-order valence-corrected chi connectivity index (χ0v) is 12.7. The normalized spacial score (nSPS) is 10.8. The van der Waals surface area contributed by atoms with Crippen LogP contribution in [0.25, 0.3) is 0 Å². The van der Waals surface area contributed by atoms with Gasteiger partial charge in [-0.05, 0) is 23.9 Å². The molecule has 6 nitrogen and oxygen atoms in total. The topological polar surface area (TPSA) is 81.0 Å². The molecule has 0 spiro atoms. The summed E-state index contributed by atoms with van der Waals surface area (Å²) in [6.07, 6.45) is 6.85. The van der Waals surface area contributed by atoms with Gasteiger partial charge in [-0.2, -0.15) is 4.98 Å². The van der Waals surface area contributed by atoms with E-state index in [4.69, 9.17) is 11.6 Å². The first-order valence-electron chi connectivity index (χ1n) is 6.91. The van der Waals surface area contributed by atoms with Gasteiger partial charge in [0.25, 0.3) is 0 Å². The van der Waals surface area contributed by atoms with E-state index in [1.165, 1.54) is 19.3 Å². The maximum Gasteiger partial charge on any atom is 0.329 e. The molecule has 0 aliphatic rings. The molecule has 20 heavy (non-hydrogen) atoms. The third-order valence-electron chi connectivity index (χ3n) is 2.94. The molecule has 0 fully saturated rings. The quantitative estimate of drug-likeness (QED) is 0.322. The van der Waals surface area contributed by atoms with Crippen LogP contribution in [-0.2, 0) is 0 Å². The zero-order chi connectivity index (χ0) is 15.0. The Balaban J connectivity index is 2.31. The van der Waals surface area contributed by atoms with Crippen LogP contribution in [-0.4, -0.2) is 21.4 Å². The van der Waals surface area contributed by atoms with E-state index in [0.717, 1.165) is 25.0 Å². The number of hydrogen-bond acceptors (Lipinski definition) is 5. The van der Waals surface area contributed by atoms with Crippen LogP contribution in [0.5, 0.6) is 0 Å². The van der Waals surface area contributed by atoms with Gasteiger partial charge in [0, 0.05) is 6.54 Å². The number of halogens is 1. The minimum absolute atomic E-state index is 0.00929. The van der Waals surface area contributed by atoms with Gasteiger partial charge in [-0.1, -0.05) is 39.5 Å². The van der Waals surface area contributed by atoms with Crippen molar-refractivity contribution < 1.29 is 4.92 Å². The molecule has 1 rings (SSSR count). The number of nitrogens with zero attached hydrogens (tertiary/aromatic N) is 3. The fourth-order valence-electron chi connectivity index (χ4n) is 1.86. The lowest BCUT2D eigenvalue weighted by Gasteiger charge is -2.07. The molecule has 112 valence electrons. The third kappa shape index (κ3) is 6.14. The van der Waals surface area contributed by atoms with Gasteiger partial charge in [-0.3, -0.25) is 10.1 Å². The monoisotopic (exact) mass is 300 g/mol. The second kappa shape index (κ2) is 8.68. The molecule has 0 amide bonds. The van der Waals surface area contributed by atoms with Crippen LogP contribution in [0.15, 0.2) is 6.20 Å². The Morgan fingerprint density at radius 1 is 1.35 bits per heavy atom. The van der Waals surface area contributed by atoms with Crippen molar-refractivity contribution in [2.24, 2.45) is 5.92 Å². The fourth-order valence-corrected chi connectivity index (χ4v) is 1.99. The molecule has 0 radical (unpaired) electrons. The van der Waals surface area contributed by atoms with Crippen LogP contribution in [0.1, 0.15) is 46.0 Å². The number of anilines is 1. The minimum atomic E-state index is -0.513. The maximum atomic E-state index is 10.8. The standard InChI is InChI=1S/C13H21ClN4O2/c1-10(2)7-5-3-4-6-8-15-12-11(18(19)20)9-16-13(14)17-12/h9-10H,3-8H2,1-2H3,(H,15,16,17). The van der Waals surface area contributed by atoms with Gasteiger partial charge >= 0.3 is 5.69 Å². The highest BCUT2D eigenvalue weighted by molar-refractivity contribution is 6.28. The van der Waals surface area contributed by atoms with E-state index in [-0.39, 0.29) is 16.8 Å². The van der Waals surface area contributed by atoms with Gasteiger partial charge in [0.05, 0.1) is 4.92 Å². The highest BCUT2D eigenvalue weighted by Crippen LogP contribution is 2.21. The summed E-state index contributed by atoms with van der Waals surface area (Å²) in [6.45, 7) is 5.09. The molecule has 0 aliphatic carbocycles. The largest absolute Gasteiger partial charge is 0.364 e. The SMILES string of the molecule is CC(C)CCCCCCNc1nc(Cl)ncc1[N+](=O)[O-]. The Labute approximate surface area is 124 Å². The van der Waals surface area contributed by atoms with Crippen molar-refractivity contribution in [3.8, 4) is 0 Å². The zero-order valence-electron chi connectivity index (χ0n) is 11.9. The number of hydrogen-bond donors (Lipinski definition) is 1. The second-order valence-corrected chi connectivity index (χ2v) is 5.49. The predicted molar refractivity (Wildman–Crippen MR) is 80.1 cm³/mol. The van der Waals surface area contributed by atoms with Gasteiger partial charge in [0.2, 0.25) is 11.1 Å². The molecule has 0 aliphatic heterocycles. The summed E-state index contributed by atoms with van der Waals surface area (Å²) in [6, 6.07) is 0. The smallest absolute Gasteiger partial charge is 0.329 e. The van der Waals surface area contributed by atoms with Gasteiger partial charge in [0.15, 0.2) is 0 Å². The van der Waals surface area contributed by atoms with Crippen molar-refractivity contribution in [1.29, 1.82) is 0 Å². The van der Waals surface area contributed by atoms with Gasteiger partial charge in [-0.15, -0.1) is 0 Å². The predicted octanol–water partition coefficient (Wildman–Crippen LogP) is 4.06. The molecule has 0 aromatic carbocycles. The molecule has 0 saturated carbocycles. The first-order valence-corrected chi connectivity index (χ1v) is 7.29. The number of unbranched alkanes of at least 4 members (excludes halogenated alkanes) is 3. The van der Waals surface area contributed by atoms with Crippen LogP contribution < -0.4 is 5.32 Å². The maximum absolute atomic E-state index is 10.8. The van der Waals surface area contributed by atoms with Crippen molar-refractivity contribution in [3.05, 3.63) is 21.6 Å². The Bertz CT molecular complexity index is 440. The fraction of sp³-hybridized carbons (Fsp3) is 0.692. The lowest BCUT2D eigenvalue weighted by atomic mass is 10.0. The highest BCUT2D eigenvalue weighted by atomic mass is 35.5. The Morgan fingerprint density at radius 2 is 2.05 bits per heavy atom. The highest BCUT2D eigenvalue weighted by Gasteiger charge is 2.16. The molecule has 7 heteroatoms. The van der Waals surface area contributed by atoms with E-state index in [0.29, 0.717) is 6.54 Å². The molecule has 0 atom stereocenters. The van der Waals surface area contributed by atoms with Crippen molar-refractivity contribution in [3.63, 3.8) is 0 Å². The molecule has 0 bridgehead atoms. The summed E-state index contributed by atoms with van der Waals surface area (Å²) in [7, 11) is 0. The summed E-state index contributed by atoms with van der Waals surface area (Å²) in [4.78, 5) is 17.8. The van der Waals surface area contributed by atoms with Crippen LogP contribution in [0.3, 0.4) is 0 Å². The Morgan fingerprint density at radius 3 is 2.70 bits per heavy atom. The average molecular weight is 301 g/mol. The first kappa shape index (κ1) is 16.6. The summed E-state index contributed by atoms with van der Waals surface area (Å²) < 4.78 is 0. The van der Waals surface area contributed by atoms with Crippen molar-refractivity contribution >= 4 is 23.1 Å². The molecule has 1 aromatic rings. The second-order valence-electron chi connectivity index (χ2n) is 5.15. The minimum Gasteiger partial charge on any atom is -0.364 e. The van der Waals surface area contributed by atoms with Crippen molar-refractivity contribution in [1.82, 2.24) is 9.97 Å². The molecular formula is C13H21ClN4O2. The van der Waals surface area contributed by atoms with Gasteiger partial charge in [-0.25, -0.2) is 4.98 Å². The number of rotatable bonds is 9. The molecule has 1 aromatic heterocycles. The molecule has 0 unspecified atom stereocenters. The Kier molecular flexibility index (Phi) is 7.22. The van der Waals surface area contributed by atoms with E-state index in [1.54, 1.807) is 0 Å². The summed E-state index contributed by atoms with van der Waals surface area (Å²) >= 11 is 5.65. The Hall–Kier alpha value is -1.43. The van der Waals surface area contributed by atoms with Crippen molar-refractivity contribution in [2.45, 2.75) is 46.0 Å². The van der Waals surface area contributed by atoms with Gasteiger partial charge in [0.1, 0.15) is 6.20 Å². The third-order valence-corrected chi connectivity index (χ3v) is 3.12. The molecule has 1 heterocycles. The molecule has 1 N–H and O–H groups in total. The van der Waals surface area contributed by atoms with Crippen LogP contribution in [0.2, 0.25) is 5.28 Å².